The zero-order valence-electron chi connectivity index (χ0n) is 12.4. The lowest BCUT2D eigenvalue weighted by Crippen LogP contribution is -2.03. The molecule has 0 spiro atoms. The summed E-state index contributed by atoms with van der Waals surface area (Å²) in [6.07, 6.45) is 7.53. The minimum Gasteiger partial charge on any atom is -0.361 e. The van der Waals surface area contributed by atoms with Crippen LogP contribution >= 0.6 is 0 Å². The van der Waals surface area contributed by atoms with Crippen LogP contribution in [-0.2, 0) is 6.54 Å². The highest BCUT2D eigenvalue weighted by molar-refractivity contribution is 5.61. The first-order valence-corrected chi connectivity index (χ1v) is 7.09. The van der Waals surface area contributed by atoms with Crippen LogP contribution in [0.4, 0.5) is 0 Å². The van der Waals surface area contributed by atoms with Crippen LogP contribution in [0.1, 0.15) is 17.0 Å². The molecule has 6 nitrogen and oxygen atoms in total. The monoisotopic (exact) mass is 293 g/mol. The molecule has 0 saturated heterocycles. The van der Waals surface area contributed by atoms with Gasteiger partial charge in [-0.05, 0) is 31.5 Å². The lowest BCUT2D eigenvalue weighted by atomic mass is 10.2. The van der Waals surface area contributed by atoms with E-state index in [-0.39, 0.29) is 0 Å². The minimum atomic E-state index is 0.718. The van der Waals surface area contributed by atoms with E-state index in [2.05, 4.69) is 25.9 Å². The summed E-state index contributed by atoms with van der Waals surface area (Å²) in [6, 6.07) is 6.12. The zero-order chi connectivity index (χ0) is 15.1. The highest BCUT2D eigenvalue weighted by Gasteiger charge is 2.17. The van der Waals surface area contributed by atoms with Crippen LogP contribution in [0.15, 0.2) is 47.5 Å². The van der Waals surface area contributed by atoms with Gasteiger partial charge in [0, 0.05) is 24.8 Å². The van der Waals surface area contributed by atoms with Crippen molar-refractivity contribution in [2.75, 3.05) is 0 Å². The van der Waals surface area contributed by atoms with E-state index in [4.69, 9.17) is 4.52 Å². The quantitative estimate of drug-likeness (QED) is 0.582. The van der Waals surface area contributed by atoms with Gasteiger partial charge in [0.2, 0.25) is 0 Å². The summed E-state index contributed by atoms with van der Waals surface area (Å²) < 4.78 is 9.25. The summed E-state index contributed by atoms with van der Waals surface area (Å²) in [5.41, 5.74) is 4.10. The fourth-order valence-corrected chi connectivity index (χ4v) is 2.80. The molecule has 0 atom stereocenters. The summed E-state index contributed by atoms with van der Waals surface area (Å²) in [5, 5.41) is 8.30. The number of aromatic nitrogens is 5. The molecule has 0 fully saturated rings. The molecule has 0 aliphatic rings. The van der Waals surface area contributed by atoms with Crippen molar-refractivity contribution in [3.05, 3.63) is 60.0 Å². The molecule has 0 bridgehead atoms. The SMILES string of the molecule is Cc1noc(C)c1-c1nccn1Cc1cccn2nccc12. The molecule has 0 N–H and O–H groups in total. The normalized spacial score (nSPS) is 11.4. The van der Waals surface area contributed by atoms with Gasteiger partial charge in [0.1, 0.15) is 11.6 Å². The smallest absolute Gasteiger partial charge is 0.145 e. The van der Waals surface area contributed by atoms with Crippen LogP contribution in [0.5, 0.6) is 0 Å². The van der Waals surface area contributed by atoms with Crippen molar-refractivity contribution in [1.82, 2.24) is 24.3 Å². The molecule has 4 rings (SSSR count). The van der Waals surface area contributed by atoms with Crippen LogP contribution < -0.4 is 0 Å². The van der Waals surface area contributed by atoms with E-state index in [0.717, 1.165) is 34.9 Å². The average Bonchev–Trinajstić information content (AvgIpc) is 3.21. The average molecular weight is 293 g/mol. The Morgan fingerprint density at radius 2 is 2.05 bits per heavy atom. The number of rotatable bonds is 3. The highest BCUT2D eigenvalue weighted by Crippen LogP contribution is 2.26. The van der Waals surface area contributed by atoms with Gasteiger partial charge in [-0.2, -0.15) is 5.10 Å². The van der Waals surface area contributed by atoms with Gasteiger partial charge in [-0.1, -0.05) is 11.2 Å². The third-order valence-electron chi connectivity index (χ3n) is 3.84. The van der Waals surface area contributed by atoms with Gasteiger partial charge in [0.25, 0.3) is 0 Å². The summed E-state index contributed by atoms with van der Waals surface area (Å²) in [7, 11) is 0. The maximum atomic E-state index is 5.26. The third-order valence-corrected chi connectivity index (χ3v) is 3.84. The molecule has 22 heavy (non-hydrogen) atoms. The first kappa shape index (κ1) is 12.8. The Bertz CT molecular complexity index is 927. The Morgan fingerprint density at radius 1 is 1.14 bits per heavy atom. The van der Waals surface area contributed by atoms with Gasteiger partial charge in [-0.15, -0.1) is 0 Å². The van der Waals surface area contributed by atoms with E-state index in [0.29, 0.717) is 0 Å². The molecule has 6 heteroatoms. The largest absolute Gasteiger partial charge is 0.361 e. The van der Waals surface area contributed by atoms with Crippen molar-refractivity contribution in [2.24, 2.45) is 0 Å². The molecule has 0 aromatic carbocycles. The van der Waals surface area contributed by atoms with Gasteiger partial charge < -0.3 is 9.09 Å². The summed E-state index contributed by atoms with van der Waals surface area (Å²) in [6.45, 7) is 4.56. The highest BCUT2D eigenvalue weighted by atomic mass is 16.5. The van der Waals surface area contributed by atoms with Gasteiger partial charge in [0.15, 0.2) is 0 Å². The number of imidazole rings is 1. The van der Waals surface area contributed by atoms with E-state index in [1.807, 2.05) is 49.1 Å². The predicted octanol–water partition coefficient (Wildman–Crippen LogP) is 2.85. The molecule has 0 saturated carbocycles. The van der Waals surface area contributed by atoms with Crippen molar-refractivity contribution in [1.29, 1.82) is 0 Å². The van der Waals surface area contributed by atoms with E-state index >= 15 is 0 Å². The van der Waals surface area contributed by atoms with Crippen molar-refractivity contribution in [3.63, 3.8) is 0 Å². The molecule has 0 unspecified atom stereocenters. The molecule has 0 aliphatic heterocycles. The second-order valence-corrected chi connectivity index (χ2v) is 5.27. The van der Waals surface area contributed by atoms with Gasteiger partial charge in [-0.25, -0.2) is 9.50 Å². The Labute approximate surface area is 127 Å². The Kier molecular flexibility index (Phi) is 2.82. The van der Waals surface area contributed by atoms with Crippen molar-refractivity contribution >= 4 is 5.52 Å². The molecule has 4 heterocycles. The number of hydrogen-bond donors (Lipinski definition) is 0. The molecule has 0 amide bonds. The lowest BCUT2D eigenvalue weighted by molar-refractivity contribution is 0.393. The van der Waals surface area contributed by atoms with Crippen molar-refractivity contribution in [3.8, 4) is 11.4 Å². The molecular weight excluding hydrogens is 278 g/mol. The molecule has 4 aromatic heterocycles. The van der Waals surface area contributed by atoms with Crippen LogP contribution in [0, 0.1) is 13.8 Å². The third kappa shape index (κ3) is 1.92. The van der Waals surface area contributed by atoms with E-state index in [1.165, 1.54) is 5.56 Å². The minimum absolute atomic E-state index is 0.718. The van der Waals surface area contributed by atoms with Crippen LogP contribution in [0.2, 0.25) is 0 Å². The summed E-state index contributed by atoms with van der Waals surface area (Å²) >= 11 is 0. The van der Waals surface area contributed by atoms with E-state index in [1.54, 1.807) is 6.20 Å². The fourth-order valence-electron chi connectivity index (χ4n) is 2.80. The Balaban J connectivity index is 1.79. The summed E-state index contributed by atoms with van der Waals surface area (Å²) in [5.74, 6) is 1.66. The van der Waals surface area contributed by atoms with E-state index in [9.17, 15) is 0 Å². The zero-order valence-corrected chi connectivity index (χ0v) is 12.4. The molecule has 110 valence electrons. The Hall–Kier alpha value is -2.89. The first-order valence-electron chi connectivity index (χ1n) is 7.09. The number of hydrogen-bond acceptors (Lipinski definition) is 4. The predicted molar refractivity (Wildman–Crippen MR) is 81.5 cm³/mol. The number of nitrogens with zero attached hydrogens (tertiary/aromatic N) is 5. The van der Waals surface area contributed by atoms with Gasteiger partial charge in [0.05, 0.1) is 23.3 Å². The van der Waals surface area contributed by atoms with Crippen LogP contribution in [0.3, 0.4) is 0 Å². The molecular formula is C16H15N5O. The van der Waals surface area contributed by atoms with Crippen molar-refractivity contribution in [2.45, 2.75) is 20.4 Å². The molecule has 4 aromatic rings. The second kappa shape index (κ2) is 4.84. The lowest BCUT2D eigenvalue weighted by Gasteiger charge is -2.09. The maximum absolute atomic E-state index is 5.26. The van der Waals surface area contributed by atoms with E-state index < -0.39 is 0 Å². The number of aryl methyl sites for hydroxylation is 2. The number of fused-ring (bicyclic) bond motifs is 1. The second-order valence-electron chi connectivity index (χ2n) is 5.27. The molecule has 0 radical (unpaired) electrons. The number of pyridine rings is 1. The van der Waals surface area contributed by atoms with Gasteiger partial charge >= 0.3 is 0 Å². The topological polar surface area (TPSA) is 61.2 Å². The summed E-state index contributed by atoms with van der Waals surface area (Å²) in [4.78, 5) is 4.48. The first-order chi connectivity index (χ1) is 10.7. The maximum Gasteiger partial charge on any atom is 0.145 e. The molecule has 0 aliphatic carbocycles. The van der Waals surface area contributed by atoms with Crippen LogP contribution in [-0.4, -0.2) is 24.3 Å². The van der Waals surface area contributed by atoms with Gasteiger partial charge in [-0.3, -0.25) is 0 Å². The standard InChI is InChI=1S/C16H15N5O/c1-11-15(12(2)22-19-11)16-17-7-9-20(16)10-13-4-3-8-21-14(13)5-6-18-21/h3-9H,10H2,1-2H3. The van der Waals surface area contributed by atoms with Crippen molar-refractivity contribution < 1.29 is 4.52 Å². The Morgan fingerprint density at radius 3 is 2.86 bits per heavy atom. The van der Waals surface area contributed by atoms with Crippen LogP contribution in [0.25, 0.3) is 16.9 Å². The fraction of sp³-hybridized carbons (Fsp3) is 0.188.